The Kier molecular flexibility index (Phi) is 7.06. The van der Waals surface area contributed by atoms with E-state index in [0.29, 0.717) is 52.2 Å². The van der Waals surface area contributed by atoms with Gasteiger partial charge in [-0.1, -0.05) is 42.5 Å². The van der Waals surface area contributed by atoms with Gasteiger partial charge in [-0.3, -0.25) is 9.69 Å². The van der Waals surface area contributed by atoms with Gasteiger partial charge in [0.15, 0.2) is 5.60 Å². The van der Waals surface area contributed by atoms with E-state index in [4.69, 9.17) is 9.47 Å². The maximum atomic E-state index is 13.6. The summed E-state index contributed by atoms with van der Waals surface area (Å²) in [7, 11) is 1.67. The number of hydrogen-bond acceptors (Lipinski definition) is 6. The Morgan fingerprint density at radius 2 is 1.90 bits per heavy atom. The number of aromatic nitrogens is 2. The average molecular weight is 423 g/mol. The van der Waals surface area contributed by atoms with Crippen molar-refractivity contribution >= 4 is 5.91 Å². The van der Waals surface area contributed by atoms with Crippen LogP contribution in [0.1, 0.15) is 23.4 Å². The van der Waals surface area contributed by atoms with Gasteiger partial charge in [0, 0.05) is 70.6 Å². The molecule has 31 heavy (non-hydrogen) atoms. The van der Waals surface area contributed by atoms with Crippen LogP contribution in [-0.4, -0.2) is 71.2 Å². The highest BCUT2D eigenvalue weighted by Gasteiger charge is 2.45. The van der Waals surface area contributed by atoms with Crippen molar-refractivity contribution in [1.82, 2.24) is 19.8 Å². The molecule has 1 fully saturated rings. The number of carbonyl (C=O) groups is 1. The normalized spacial score (nSPS) is 22.1. The summed E-state index contributed by atoms with van der Waals surface area (Å²) in [6.07, 6.45) is 9.20. The number of amides is 1. The SMILES string of the molecule is COCCc1ncc(CN2CCOC3(CC=CCN(Cc4ccccc4)C3=O)C2)cn1. The molecular formula is C24H30N4O3. The van der Waals surface area contributed by atoms with E-state index in [2.05, 4.69) is 39.2 Å². The first-order valence-corrected chi connectivity index (χ1v) is 10.8. The molecule has 3 heterocycles. The molecule has 1 unspecified atom stereocenters. The second-order valence-electron chi connectivity index (χ2n) is 8.15. The smallest absolute Gasteiger partial charge is 0.257 e. The van der Waals surface area contributed by atoms with Crippen LogP contribution in [0.25, 0.3) is 0 Å². The maximum absolute atomic E-state index is 13.6. The lowest BCUT2D eigenvalue weighted by molar-refractivity contribution is -0.170. The molecule has 0 saturated carbocycles. The predicted molar refractivity (Wildman–Crippen MR) is 117 cm³/mol. The fourth-order valence-electron chi connectivity index (χ4n) is 4.16. The number of morpholine rings is 1. The summed E-state index contributed by atoms with van der Waals surface area (Å²) < 4.78 is 11.3. The predicted octanol–water partition coefficient (Wildman–Crippen LogP) is 2.23. The quantitative estimate of drug-likeness (QED) is 0.638. The molecule has 0 aliphatic carbocycles. The molecule has 1 aromatic carbocycles. The molecule has 1 saturated heterocycles. The first-order chi connectivity index (χ1) is 15.2. The van der Waals surface area contributed by atoms with Crippen molar-refractivity contribution in [2.75, 3.05) is 40.0 Å². The van der Waals surface area contributed by atoms with Gasteiger partial charge < -0.3 is 14.4 Å². The summed E-state index contributed by atoms with van der Waals surface area (Å²) >= 11 is 0. The van der Waals surface area contributed by atoms with E-state index in [1.54, 1.807) is 7.11 Å². The Bertz CT molecular complexity index is 887. The second-order valence-corrected chi connectivity index (χ2v) is 8.15. The summed E-state index contributed by atoms with van der Waals surface area (Å²) in [5.74, 6) is 0.849. The summed E-state index contributed by atoms with van der Waals surface area (Å²) in [6, 6.07) is 10.1. The minimum atomic E-state index is -0.834. The Morgan fingerprint density at radius 1 is 1.10 bits per heavy atom. The van der Waals surface area contributed by atoms with E-state index in [-0.39, 0.29) is 5.91 Å². The third kappa shape index (κ3) is 5.36. The second kappa shape index (κ2) is 10.1. The zero-order valence-electron chi connectivity index (χ0n) is 18.1. The third-order valence-corrected chi connectivity index (χ3v) is 5.79. The van der Waals surface area contributed by atoms with Crippen LogP contribution >= 0.6 is 0 Å². The first-order valence-electron chi connectivity index (χ1n) is 10.8. The molecule has 164 valence electrons. The van der Waals surface area contributed by atoms with Crippen LogP contribution in [0.2, 0.25) is 0 Å². The van der Waals surface area contributed by atoms with E-state index in [1.807, 2.05) is 35.5 Å². The Balaban J connectivity index is 1.43. The molecule has 1 amide bonds. The third-order valence-electron chi connectivity index (χ3n) is 5.79. The molecular weight excluding hydrogens is 392 g/mol. The minimum absolute atomic E-state index is 0.0669. The lowest BCUT2D eigenvalue weighted by Crippen LogP contribution is -2.59. The van der Waals surface area contributed by atoms with Crippen LogP contribution in [-0.2, 0) is 33.8 Å². The highest BCUT2D eigenvalue weighted by atomic mass is 16.5. The summed E-state index contributed by atoms with van der Waals surface area (Å²) in [4.78, 5) is 26.6. The molecule has 0 bridgehead atoms. The van der Waals surface area contributed by atoms with Crippen LogP contribution in [0, 0.1) is 0 Å². The van der Waals surface area contributed by atoms with Gasteiger partial charge >= 0.3 is 0 Å². The Labute approximate surface area is 183 Å². The van der Waals surface area contributed by atoms with Crippen molar-refractivity contribution in [2.45, 2.75) is 31.5 Å². The molecule has 0 N–H and O–H groups in total. The maximum Gasteiger partial charge on any atom is 0.257 e. The van der Waals surface area contributed by atoms with Gasteiger partial charge in [0.05, 0.1) is 13.2 Å². The molecule has 7 nitrogen and oxygen atoms in total. The zero-order chi connectivity index (χ0) is 21.5. The topological polar surface area (TPSA) is 67.8 Å². The van der Waals surface area contributed by atoms with Gasteiger partial charge in [0.25, 0.3) is 5.91 Å². The van der Waals surface area contributed by atoms with Crippen molar-refractivity contribution in [2.24, 2.45) is 0 Å². The van der Waals surface area contributed by atoms with Gasteiger partial charge in [-0.15, -0.1) is 0 Å². The van der Waals surface area contributed by atoms with Crippen LogP contribution in [0.3, 0.4) is 0 Å². The van der Waals surface area contributed by atoms with E-state index < -0.39 is 5.60 Å². The molecule has 4 rings (SSSR count). The zero-order valence-corrected chi connectivity index (χ0v) is 18.1. The Hall–Kier alpha value is -2.61. The van der Waals surface area contributed by atoms with Gasteiger partial charge in [-0.2, -0.15) is 0 Å². The average Bonchev–Trinajstić information content (AvgIpc) is 2.94. The number of ether oxygens (including phenoxy) is 2. The summed E-state index contributed by atoms with van der Waals surface area (Å²) in [5.41, 5.74) is 1.33. The summed E-state index contributed by atoms with van der Waals surface area (Å²) in [5, 5.41) is 0. The Morgan fingerprint density at radius 3 is 2.68 bits per heavy atom. The largest absolute Gasteiger partial charge is 0.384 e. The number of benzene rings is 1. The van der Waals surface area contributed by atoms with E-state index in [9.17, 15) is 4.79 Å². The summed E-state index contributed by atoms with van der Waals surface area (Å²) in [6.45, 7) is 4.38. The fraction of sp³-hybridized carbons (Fsp3) is 0.458. The number of methoxy groups -OCH3 is 1. The van der Waals surface area contributed by atoms with Crippen molar-refractivity contribution in [3.05, 3.63) is 71.8 Å². The van der Waals surface area contributed by atoms with Crippen LogP contribution < -0.4 is 0 Å². The van der Waals surface area contributed by atoms with Gasteiger partial charge in [0.1, 0.15) is 5.82 Å². The van der Waals surface area contributed by atoms with E-state index in [0.717, 1.165) is 23.5 Å². The molecule has 2 aliphatic heterocycles. The number of hydrogen-bond donors (Lipinski definition) is 0. The molecule has 1 aromatic heterocycles. The van der Waals surface area contributed by atoms with Crippen LogP contribution in [0.5, 0.6) is 0 Å². The van der Waals surface area contributed by atoms with Crippen molar-refractivity contribution in [1.29, 1.82) is 0 Å². The molecule has 1 atom stereocenters. The van der Waals surface area contributed by atoms with E-state index in [1.165, 1.54) is 0 Å². The number of carbonyl (C=O) groups excluding carboxylic acids is 1. The number of nitrogens with zero attached hydrogens (tertiary/aromatic N) is 4. The lowest BCUT2D eigenvalue weighted by atomic mass is 9.95. The molecule has 2 aromatic rings. The first kappa shape index (κ1) is 21.6. The van der Waals surface area contributed by atoms with Gasteiger partial charge in [-0.25, -0.2) is 9.97 Å². The van der Waals surface area contributed by atoms with Crippen molar-refractivity contribution < 1.29 is 14.3 Å². The van der Waals surface area contributed by atoms with Gasteiger partial charge in [0.2, 0.25) is 0 Å². The highest BCUT2D eigenvalue weighted by molar-refractivity contribution is 5.86. The molecule has 7 heteroatoms. The van der Waals surface area contributed by atoms with E-state index >= 15 is 0 Å². The fourth-order valence-corrected chi connectivity index (χ4v) is 4.16. The number of rotatable bonds is 7. The van der Waals surface area contributed by atoms with Gasteiger partial charge in [-0.05, 0) is 5.56 Å². The van der Waals surface area contributed by atoms with Crippen LogP contribution in [0.4, 0.5) is 0 Å². The van der Waals surface area contributed by atoms with Crippen molar-refractivity contribution in [3.8, 4) is 0 Å². The van der Waals surface area contributed by atoms with Crippen LogP contribution in [0.15, 0.2) is 54.9 Å². The standard InChI is InChI=1S/C24H30N4O3/c1-30-13-9-22-25-15-21(16-26-22)17-27-12-14-31-24(19-27)10-5-6-11-28(23(24)29)18-20-7-3-2-4-8-20/h2-8,15-16H,9-14,17-19H2,1H3. The lowest BCUT2D eigenvalue weighted by Gasteiger charge is -2.42. The highest BCUT2D eigenvalue weighted by Crippen LogP contribution is 2.29. The molecule has 2 aliphatic rings. The molecule has 1 spiro atoms. The van der Waals surface area contributed by atoms with Crippen molar-refractivity contribution in [3.63, 3.8) is 0 Å². The minimum Gasteiger partial charge on any atom is -0.384 e. The molecule has 0 radical (unpaired) electrons. The monoisotopic (exact) mass is 422 g/mol.